The second kappa shape index (κ2) is 15.1. The second-order valence-electron chi connectivity index (χ2n) is 9.24. The summed E-state index contributed by atoms with van der Waals surface area (Å²) in [7, 11) is 3.26. The van der Waals surface area contributed by atoms with E-state index in [1.807, 2.05) is 92.7 Å². The molecular formula is C31H38N2O4S. The van der Waals surface area contributed by atoms with Crippen molar-refractivity contribution in [3.05, 3.63) is 95.6 Å². The molecule has 0 saturated heterocycles. The third-order valence-corrected chi connectivity index (χ3v) is 7.40. The molecule has 2 amide bonds. The molecule has 0 aromatic heterocycles. The number of methoxy groups -OCH3 is 2. The fourth-order valence-electron chi connectivity index (χ4n) is 4.02. The van der Waals surface area contributed by atoms with Crippen molar-refractivity contribution in [2.24, 2.45) is 0 Å². The van der Waals surface area contributed by atoms with Crippen LogP contribution in [0, 0.1) is 0 Å². The summed E-state index contributed by atoms with van der Waals surface area (Å²) < 4.78 is 10.6. The molecule has 0 aliphatic heterocycles. The summed E-state index contributed by atoms with van der Waals surface area (Å²) in [6, 6.07) is 24.7. The van der Waals surface area contributed by atoms with E-state index in [0.29, 0.717) is 24.5 Å². The number of thioether (sulfide) groups is 1. The Balaban J connectivity index is 1.85. The van der Waals surface area contributed by atoms with Crippen LogP contribution in [0.5, 0.6) is 11.5 Å². The maximum atomic E-state index is 13.8. The standard InChI is InChI=1S/C31H38N2O4S/c1-5-23(2)32-31(35)29(19-24-10-7-6-8-11-24)33(20-26-12-9-13-28(18-26)37-4)30(34)22-38-21-25-14-16-27(36-3)17-15-25/h6-18,23,29H,5,19-22H2,1-4H3,(H,32,35)/t23-,29-/m0/s1. The molecule has 1 N–H and O–H groups in total. The Bertz CT molecular complexity index is 1150. The van der Waals surface area contributed by atoms with Crippen molar-refractivity contribution in [1.82, 2.24) is 10.2 Å². The van der Waals surface area contributed by atoms with Gasteiger partial charge in [-0.3, -0.25) is 9.59 Å². The Labute approximate surface area is 230 Å². The molecule has 3 aromatic rings. The molecule has 202 valence electrons. The Kier molecular flexibility index (Phi) is 11.6. The molecule has 6 nitrogen and oxygen atoms in total. The molecule has 3 rings (SSSR count). The van der Waals surface area contributed by atoms with E-state index >= 15 is 0 Å². The van der Waals surface area contributed by atoms with Gasteiger partial charge in [-0.2, -0.15) is 0 Å². The quantitative estimate of drug-likeness (QED) is 0.296. The zero-order valence-corrected chi connectivity index (χ0v) is 23.5. The topological polar surface area (TPSA) is 67.9 Å². The molecule has 0 spiro atoms. The van der Waals surface area contributed by atoms with Crippen LogP contribution in [-0.4, -0.2) is 48.8 Å². The van der Waals surface area contributed by atoms with E-state index in [4.69, 9.17) is 9.47 Å². The highest BCUT2D eigenvalue weighted by molar-refractivity contribution is 7.99. The lowest BCUT2D eigenvalue weighted by Gasteiger charge is -2.32. The lowest BCUT2D eigenvalue weighted by molar-refractivity contribution is -0.139. The first kappa shape index (κ1) is 29.1. The smallest absolute Gasteiger partial charge is 0.243 e. The van der Waals surface area contributed by atoms with Gasteiger partial charge in [-0.05, 0) is 54.3 Å². The van der Waals surface area contributed by atoms with Crippen LogP contribution in [0.4, 0.5) is 0 Å². The Morgan fingerprint density at radius 2 is 1.55 bits per heavy atom. The average Bonchev–Trinajstić information content (AvgIpc) is 2.95. The molecule has 3 aromatic carbocycles. The van der Waals surface area contributed by atoms with Crippen molar-refractivity contribution in [3.8, 4) is 11.5 Å². The van der Waals surface area contributed by atoms with Gasteiger partial charge in [0.1, 0.15) is 17.5 Å². The largest absolute Gasteiger partial charge is 0.497 e. The van der Waals surface area contributed by atoms with Crippen molar-refractivity contribution < 1.29 is 19.1 Å². The molecule has 0 aliphatic rings. The van der Waals surface area contributed by atoms with E-state index in [1.165, 1.54) is 11.8 Å². The Morgan fingerprint density at radius 3 is 2.21 bits per heavy atom. The normalized spacial score (nSPS) is 12.3. The number of nitrogens with zero attached hydrogens (tertiary/aromatic N) is 1. The van der Waals surface area contributed by atoms with Gasteiger partial charge in [0, 0.05) is 24.8 Å². The van der Waals surface area contributed by atoms with Crippen LogP contribution in [0.2, 0.25) is 0 Å². The zero-order valence-electron chi connectivity index (χ0n) is 22.7. The lowest BCUT2D eigenvalue weighted by Crippen LogP contribution is -2.52. The van der Waals surface area contributed by atoms with Crippen LogP contribution in [0.3, 0.4) is 0 Å². The monoisotopic (exact) mass is 534 g/mol. The molecular weight excluding hydrogens is 496 g/mol. The third kappa shape index (κ3) is 8.84. The lowest BCUT2D eigenvalue weighted by atomic mass is 10.0. The Morgan fingerprint density at radius 1 is 0.868 bits per heavy atom. The van der Waals surface area contributed by atoms with Crippen LogP contribution in [0.15, 0.2) is 78.9 Å². The van der Waals surface area contributed by atoms with Gasteiger partial charge in [-0.25, -0.2) is 0 Å². The maximum absolute atomic E-state index is 13.8. The van der Waals surface area contributed by atoms with Crippen LogP contribution < -0.4 is 14.8 Å². The summed E-state index contributed by atoms with van der Waals surface area (Å²) >= 11 is 1.54. The molecule has 0 bridgehead atoms. The molecule has 0 fully saturated rings. The third-order valence-electron chi connectivity index (χ3n) is 6.41. The first-order valence-electron chi connectivity index (χ1n) is 12.9. The van der Waals surface area contributed by atoms with Crippen molar-refractivity contribution in [2.75, 3.05) is 20.0 Å². The van der Waals surface area contributed by atoms with Gasteiger partial charge in [0.05, 0.1) is 20.0 Å². The van der Waals surface area contributed by atoms with Crippen molar-refractivity contribution in [1.29, 1.82) is 0 Å². The van der Waals surface area contributed by atoms with Crippen LogP contribution in [0.25, 0.3) is 0 Å². The average molecular weight is 535 g/mol. The van der Waals surface area contributed by atoms with Gasteiger partial charge < -0.3 is 19.7 Å². The van der Waals surface area contributed by atoms with Gasteiger partial charge in [-0.15, -0.1) is 11.8 Å². The highest BCUT2D eigenvalue weighted by Gasteiger charge is 2.31. The highest BCUT2D eigenvalue weighted by Crippen LogP contribution is 2.21. The first-order valence-corrected chi connectivity index (χ1v) is 14.1. The van der Waals surface area contributed by atoms with E-state index in [2.05, 4.69) is 5.32 Å². The summed E-state index contributed by atoms with van der Waals surface area (Å²) in [6.45, 7) is 4.33. The van der Waals surface area contributed by atoms with Gasteiger partial charge in [0.25, 0.3) is 0 Å². The van der Waals surface area contributed by atoms with E-state index in [0.717, 1.165) is 28.9 Å². The summed E-state index contributed by atoms with van der Waals surface area (Å²) in [5, 5.41) is 3.11. The first-order chi connectivity index (χ1) is 18.4. The minimum Gasteiger partial charge on any atom is -0.497 e. The Hall–Kier alpha value is -3.45. The number of rotatable bonds is 14. The fraction of sp³-hybridized carbons (Fsp3) is 0.355. The van der Waals surface area contributed by atoms with E-state index in [1.54, 1.807) is 19.1 Å². The number of carbonyl (C=O) groups excluding carboxylic acids is 2. The van der Waals surface area contributed by atoms with E-state index < -0.39 is 6.04 Å². The van der Waals surface area contributed by atoms with Crippen molar-refractivity contribution >= 4 is 23.6 Å². The number of hydrogen-bond donors (Lipinski definition) is 1. The summed E-state index contributed by atoms with van der Waals surface area (Å²) in [6.07, 6.45) is 1.24. The summed E-state index contributed by atoms with van der Waals surface area (Å²) in [4.78, 5) is 29.1. The number of carbonyl (C=O) groups is 2. The van der Waals surface area contributed by atoms with Gasteiger partial charge in [0.15, 0.2) is 0 Å². The number of benzene rings is 3. The predicted octanol–water partition coefficient (Wildman–Crippen LogP) is 5.49. The number of nitrogens with one attached hydrogen (secondary N) is 1. The molecule has 0 radical (unpaired) electrons. The number of amides is 2. The van der Waals surface area contributed by atoms with Crippen LogP contribution in [-0.2, 0) is 28.3 Å². The molecule has 7 heteroatoms. The molecule has 0 heterocycles. The SMILES string of the molecule is CC[C@H](C)NC(=O)[C@H](Cc1ccccc1)N(Cc1cccc(OC)c1)C(=O)CSCc1ccc(OC)cc1. The summed E-state index contributed by atoms with van der Waals surface area (Å²) in [5.74, 6) is 2.25. The van der Waals surface area contributed by atoms with Crippen molar-refractivity contribution in [3.63, 3.8) is 0 Å². The minimum atomic E-state index is -0.647. The highest BCUT2D eigenvalue weighted by atomic mass is 32.2. The van der Waals surface area contributed by atoms with E-state index in [9.17, 15) is 9.59 Å². The van der Waals surface area contributed by atoms with Gasteiger partial charge >= 0.3 is 0 Å². The van der Waals surface area contributed by atoms with E-state index in [-0.39, 0.29) is 23.6 Å². The molecule has 38 heavy (non-hydrogen) atoms. The van der Waals surface area contributed by atoms with Gasteiger partial charge in [0.2, 0.25) is 11.8 Å². The molecule has 0 unspecified atom stereocenters. The molecule has 0 aliphatic carbocycles. The number of hydrogen-bond acceptors (Lipinski definition) is 5. The number of ether oxygens (including phenoxy) is 2. The molecule has 2 atom stereocenters. The van der Waals surface area contributed by atoms with Crippen LogP contribution >= 0.6 is 11.8 Å². The summed E-state index contributed by atoms with van der Waals surface area (Å²) in [5.41, 5.74) is 3.02. The van der Waals surface area contributed by atoms with Crippen LogP contribution in [0.1, 0.15) is 37.0 Å². The second-order valence-corrected chi connectivity index (χ2v) is 10.2. The maximum Gasteiger partial charge on any atom is 0.243 e. The van der Waals surface area contributed by atoms with Gasteiger partial charge in [-0.1, -0.05) is 61.5 Å². The van der Waals surface area contributed by atoms with Crippen molar-refractivity contribution in [2.45, 2.75) is 51.1 Å². The molecule has 0 saturated carbocycles. The zero-order chi connectivity index (χ0) is 27.3. The predicted molar refractivity (Wildman–Crippen MR) is 155 cm³/mol. The fourth-order valence-corrected chi connectivity index (χ4v) is 4.89. The minimum absolute atomic E-state index is 0.0130.